The summed E-state index contributed by atoms with van der Waals surface area (Å²) in [6, 6.07) is 12.9. The first-order valence-electron chi connectivity index (χ1n) is 9.10. The molecular weight excluding hydrogens is 368 g/mol. The van der Waals surface area contributed by atoms with Gasteiger partial charge in [-0.25, -0.2) is 4.79 Å². The Hall–Kier alpha value is -2.25. The van der Waals surface area contributed by atoms with Gasteiger partial charge in [-0.3, -0.25) is 4.79 Å². The summed E-state index contributed by atoms with van der Waals surface area (Å²) in [6.07, 6.45) is 3.32. The highest BCUT2D eigenvalue weighted by Crippen LogP contribution is 2.11. The summed E-state index contributed by atoms with van der Waals surface area (Å²) in [4.78, 5) is 23.7. The van der Waals surface area contributed by atoms with Gasteiger partial charge in [0.2, 0.25) is 0 Å². The molecule has 0 saturated carbocycles. The molecule has 5 heteroatoms. The zero-order valence-electron chi connectivity index (χ0n) is 17.0. The van der Waals surface area contributed by atoms with Crippen LogP contribution >= 0.6 is 0 Å². The van der Waals surface area contributed by atoms with Crippen molar-refractivity contribution in [2.24, 2.45) is 0 Å². The summed E-state index contributed by atoms with van der Waals surface area (Å²) in [6.45, 7) is 13.8. The van der Waals surface area contributed by atoms with Crippen LogP contribution in [0.2, 0.25) is 39.3 Å². The molecule has 27 heavy (non-hydrogen) atoms. The Morgan fingerprint density at radius 3 is 1.67 bits per heavy atom. The van der Waals surface area contributed by atoms with Crippen LogP contribution in [0.25, 0.3) is 6.08 Å². The second-order valence-electron chi connectivity index (χ2n) is 8.92. The standard InChI is InChI=1S/C22H28O3Si2/c1-26(2,3)19-13-18(14-20(15-19)27(4,5)6)21(23)12-9-16-7-10-17(11-8-16)22(24)25/h7-15H,1-6H3,(H,24,25)/b12-9+. The molecule has 3 nitrogen and oxygen atoms in total. The minimum atomic E-state index is -1.53. The smallest absolute Gasteiger partial charge is 0.335 e. The zero-order chi connectivity index (χ0) is 20.4. The average Bonchev–Trinajstić information content (AvgIpc) is 2.58. The van der Waals surface area contributed by atoms with Crippen molar-refractivity contribution >= 4 is 44.3 Å². The lowest BCUT2D eigenvalue weighted by molar-refractivity contribution is 0.0696. The van der Waals surface area contributed by atoms with Crippen LogP contribution in [-0.2, 0) is 0 Å². The van der Waals surface area contributed by atoms with Crippen LogP contribution in [-0.4, -0.2) is 33.0 Å². The normalized spacial score (nSPS) is 12.4. The van der Waals surface area contributed by atoms with Crippen LogP contribution in [0.4, 0.5) is 0 Å². The number of aromatic carboxylic acids is 1. The number of rotatable bonds is 6. The van der Waals surface area contributed by atoms with Gasteiger partial charge in [-0.15, -0.1) is 0 Å². The first-order chi connectivity index (χ1) is 12.4. The summed E-state index contributed by atoms with van der Waals surface area (Å²) < 4.78 is 0. The maximum Gasteiger partial charge on any atom is 0.335 e. The Morgan fingerprint density at radius 2 is 1.26 bits per heavy atom. The number of carbonyl (C=O) groups excluding carboxylic acids is 1. The topological polar surface area (TPSA) is 54.4 Å². The largest absolute Gasteiger partial charge is 0.478 e. The van der Waals surface area contributed by atoms with Gasteiger partial charge in [-0.2, -0.15) is 0 Å². The summed E-state index contributed by atoms with van der Waals surface area (Å²) in [5.41, 5.74) is 1.78. The van der Waals surface area contributed by atoms with Crippen molar-refractivity contribution in [1.82, 2.24) is 0 Å². The molecule has 0 spiro atoms. The monoisotopic (exact) mass is 396 g/mol. The molecule has 0 aromatic heterocycles. The van der Waals surface area contributed by atoms with Crippen LogP contribution in [0.15, 0.2) is 48.5 Å². The van der Waals surface area contributed by atoms with Crippen molar-refractivity contribution in [2.45, 2.75) is 39.3 Å². The second kappa shape index (κ2) is 7.78. The molecule has 0 amide bonds. The molecule has 0 aliphatic carbocycles. The summed E-state index contributed by atoms with van der Waals surface area (Å²) in [7, 11) is -3.07. The minimum Gasteiger partial charge on any atom is -0.478 e. The Labute approximate surface area is 163 Å². The van der Waals surface area contributed by atoms with E-state index in [1.54, 1.807) is 36.4 Å². The van der Waals surface area contributed by atoms with Crippen molar-refractivity contribution in [1.29, 1.82) is 0 Å². The van der Waals surface area contributed by atoms with Crippen LogP contribution in [0, 0.1) is 0 Å². The first-order valence-corrected chi connectivity index (χ1v) is 16.1. The zero-order valence-corrected chi connectivity index (χ0v) is 19.0. The summed E-state index contributed by atoms with van der Waals surface area (Å²) in [5, 5.41) is 11.6. The summed E-state index contributed by atoms with van der Waals surface area (Å²) in [5.74, 6) is -0.972. The Morgan fingerprint density at radius 1 is 0.778 bits per heavy atom. The quantitative estimate of drug-likeness (QED) is 0.448. The van der Waals surface area contributed by atoms with Crippen LogP contribution < -0.4 is 10.4 Å². The molecule has 0 aliphatic heterocycles. The number of allylic oxidation sites excluding steroid dienone is 1. The maximum atomic E-state index is 12.8. The third kappa shape index (κ3) is 5.61. The van der Waals surface area contributed by atoms with Crippen molar-refractivity contribution in [3.63, 3.8) is 0 Å². The molecule has 0 bridgehead atoms. The number of carboxylic acids is 1. The number of benzene rings is 2. The third-order valence-corrected chi connectivity index (χ3v) is 8.58. The van der Waals surface area contributed by atoms with E-state index < -0.39 is 22.1 Å². The van der Waals surface area contributed by atoms with E-state index in [4.69, 9.17) is 5.11 Å². The predicted octanol–water partition coefficient (Wildman–Crippen LogP) is 4.37. The van der Waals surface area contributed by atoms with Gasteiger partial charge in [0.1, 0.15) is 0 Å². The highest BCUT2D eigenvalue weighted by atomic mass is 28.3. The van der Waals surface area contributed by atoms with Crippen LogP contribution in [0.3, 0.4) is 0 Å². The van der Waals surface area contributed by atoms with Gasteiger partial charge in [-0.1, -0.05) is 86.1 Å². The average molecular weight is 397 g/mol. The van der Waals surface area contributed by atoms with Crippen LogP contribution in [0.5, 0.6) is 0 Å². The molecule has 0 saturated heterocycles. The predicted molar refractivity (Wildman–Crippen MR) is 119 cm³/mol. The van der Waals surface area contributed by atoms with Gasteiger partial charge in [0.25, 0.3) is 0 Å². The highest BCUT2D eigenvalue weighted by molar-refractivity contribution is 6.91. The Bertz CT molecular complexity index is 851. The number of hydrogen-bond donors (Lipinski definition) is 1. The second-order valence-corrected chi connectivity index (χ2v) is 19.1. The van der Waals surface area contributed by atoms with E-state index in [-0.39, 0.29) is 11.3 Å². The number of hydrogen-bond acceptors (Lipinski definition) is 2. The molecule has 0 aliphatic rings. The van der Waals surface area contributed by atoms with E-state index in [0.29, 0.717) is 0 Å². The number of ketones is 1. The first kappa shape index (κ1) is 21.1. The van der Waals surface area contributed by atoms with E-state index in [1.807, 2.05) is 0 Å². The van der Waals surface area contributed by atoms with Crippen molar-refractivity contribution < 1.29 is 14.7 Å². The molecule has 0 fully saturated rings. The molecule has 0 atom stereocenters. The van der Waals surface area contributed by atoms with E-state index in [2.05, 4.69) is 57.5 Å². The van der Waals surface area contributed by atoms with Gasteiger partial charge in [0.05, 0.1) is 21.7 Å². The molecule has 2 aromatic carbocycles. The van der Waals surface area contributed by atoms with E-state index in [0.717, 1.165) is 11.1 Å². The van der Waals surface area contributed by atoms with E-state index in [1.165, 1.54) is 10.4 Å². The number of carbonyl (C=O) groups is 2. The maximum absolute atomic E-state index is 12.8. The van der Waals surface area contributed by atoms with Gasteiger partial charge < -0.3 is 5.11 Å². The van der Waals surface area contributed by atoms with Gasteiger partial charge in [0.15, 0.2) is 5.78 Å². The lowest BCUT2D eigenvalue weighted by Gasteiger charge is -2.23. The molecular formula is C22H28O3Si2. The van der Waals surface area contributed by atoms with E-state index >= 15 is 0 Å². The molecule has 0 unspecified atom stereocenters. The lowest BCUT2D eigenvalue weighted by atomic mass is 10.1. The molecule has 0 heterocycles. The molecule has 2 rings (SSSR count). The fourth-order valence-corrected chi connectivity index (χ4v) is 5.14. The fraction of sp³-hybridized carbons (Fsp3) is 0.273. The van der Waals surface area contributed by atoms with Gasteiger partial charge >= 0.3 is 5.97 Å². The number of carboxylic acid groups (broad SMARTS) is 1. The lowest BCUT2D eigenvalue weighted by Crippen LogP contribution is -2.45. The Kier molecular flexibility index (Phi) is 6.07. The molecule has 2 aromatic rings. The molecule has 142 valence electrons. The molecule has 0 radical (unpaired) electrons. The van der Waals surface area contributed by atoms with E-state index in [9.17, 15) is 9.59 Å². The van der Waals surface area contributed by atoms with Crippen molar-refractivity contribution in [3.8, 4) is 0 Å². The van der Waals surface area contributed by atoms with Gasteiger partial charge in [0, 0.05) is 5.56 Å². The third-order valence-electron chi connectivity index (χ3n) is 4.53. The summed E-state index contributed by atoms with van der Waals surface area (Å²) >= 11 is 0. The van der Waals surface area contributed by atoms with Crippen LogP contribution in [0.1, 0.15) is 26.3 Å². The molecule has 1 N–H and O–H groups in total. The van der Waals surface area contributed by atoms with Crippen molar-refractivity contribution in [2.75, 3.05) is 0 Å². The SMILES string of the molecule is C[Si](C)(C)c1cc(C(=O)/C=C/c2ccc(C(=O)O)cc2)cc([Si](C)(C)C)c1. The fourth-order valence-electron chi connectivity index (χ4n) is 2.64. The minimum absolute atomic E-state index is 0.0167. The highest BCUT2D eigenvalue weighted by Gasteiger charge is 2.23. The Balaban J connectivity index is 2.35. The van der Waals surface area contributed by atoms with Crippen molar-refractivity contribution in [3.05, 3.63) is 65.2 Å². The van der Waals surface area contributed by atoms with Gasteiger partial charge in [-0.05, 0) is 23.8 Å².